The lowest BCUT2D eigenvalue weighted by atomic mass is 10.1. The van der Waals surface area contributed by atoms with E-state index in [4.69, 9.17) is 0 Å². The SMILES string of the molecule is COC(=O)NC(=O)c1ccsc1NC(=O)c1ccc(C)c(C)c1. The van der Waals surface area contributed by atoms with Crippen LogP contribution in [0.5, 0.6) is 0 Å². The number of carbonyl (C=O) groups is 3. The third-order valence-electron chi connectivity index (χ3n) is 3.31. The second-order valence-electron chi connectivity index (χ2n) is 4.86. The van der Waals surface area contributed by atoms with Crippen LogP contribution in [-0.4, -0.2) is 25.0 Å². The number of hydrogen-bond acceptors (Lipinski definition) is 5. The van der Waals surface area contributed by atoms with Crippen molar-refractivity contribution < 1.29 is 19.1 Å². The molecule has 0 aliphatic heterocycles. The zero-order valence-corrected chi connectivity index (χ0v) is 13.7. The van der Waals surface area contributed by atoms with Crippen molar-refractivity contribution in [2.24, 2.45) is 0 Å². The first-order valence-electron chi connectivity index (χ1n) is 6.77. The highest BCUT2D eigenvalue weighted by Gasteiger charge is 2.18. The van der Waals surface area contributed by atoms with Gasteiger partial charge in [0.2, 0.25) is 0 Å². The molecule has 2 aromatic rings. The molecule has 0 atom stereocenters. The number of aryl methyl sites for hydroxylation is 2. The van der Waals surface area contributed by atoms with Crippen LogP contribution in [0.2, 0.25) is 0 Å². The smallest absolute Gasteiger partial charge is 0.413 e. The third kappa shape index (κ3) is 3.95. The van der Waals surface area contributed by atoms with E-state index < -0.39 is 12.0 Å². The third-order valence-corrected chi connectivity index (χ3v) is 4.14. The Kier molecular flexibility index (Phi) is 5.13. The van der Waals surface area contributed by atoms with Gasteiger partial charge in [-0.05, 0) is 48.6 Å². The predicted molar refractivity (Wildman–Crippen MR) is 88.1 cm³/mol. The molecule has 3 amide bonds. The maximum absolute atomic E-state index is 12.3. The van der Waals surface area contributed by atoms with E-state index in [0.717, 1.165) is 11.1 Å². The summed E-state index contributed by atoms with van der Waals surface area (Å²) in [7, 11) is 1.17. The molecule has 23 heavy (non-hydrogen) atoms. The van der Waals surface area contributed by atoms with Crippen LogP contribution < -0.4 is 10.6 Å². The van der Waals surface area contributed by atoms with Crippen LogP contribution in [0.15, 0.2) is 29.6 Å². The number of alkyl carbamates (subject to hydrolysis) is 1. The molecule has 1 heterocycles. The number of anilines is 1. The van der Waals surface area contributed by atoms with Crippen molar-refractivity contribution in [2.75, 3.05) is 12.4 Å². The second kappa shape index (κ2) is 7.06. The number of carbonyl (C=O) groups excluding carboxylic acids is 3. The molecule has 1 aromatic heterocycles. The van der Waals surface area contributed by atoms with Crippen LogP contribution in [-0.2, 0) is 4.74 Å². The number of benzene rings is 1. The average molecular weight is 332 g/mol. The number of nitrogens with one attached hydrogen (secondary N) is 2. The van der Waals surface area contributed by atoms with Crippen molar-refractivity contribution in [3.05, 3.63) is 51.9 Å². The monoisotopic (exact) mass is 332 g/mol. The molecule has 120 valence electrons. The zero-order valence-electron chi connectivity index (χ0n) is 12.9. The fourth-order valence-electron chi connectivity index (χ4n) is 1.85. The number of hydrogen-bond donors (Lipinski definition) is 2. The number of amides is 3. The van der Waals surface area contributed by atoms with Crippen molar-refractivity contribution >= 4 is 34.2 Å². The lowest BCUT2D eigenvalue weighted by molar-refractivity contribution is 0.0938. The Morgan fingerprint density at radius 2 is 1.78 bits per heavy atom. The van der Waals surface area contributed by atoms with Gasteiger partial charge in [0.15, 0.2) is 0 Å². The van der Waals surface area contributed by atoms with E-state index in [-0.39, 0.29) is 11.5 Å². The minimum absolute atomic E-state index is 0.206. The number of ether oxygens (including phenoxy) is 1. The summed E-state index contributed by atoms with van der Waals surface area (Å²) in [5.74, 6) is -0.948. The highest BCUT2D eigenvalue weighted by Crippen LogP contribution is 2.24. The number of methoxy groups -OCH3 is 1. The first-order chi connectivity index (χ1) is 10.9. The largest absolute Gasteiger partial charge is 0.453 e. The van der Waals surface area contributed by atoms with Gasteiger partial charge in [-0.2, -0.15) is 0 Å². The van der Waals surface area contributed by atoms with E-state index in [2.05, 4.69) is 15.4 Å². The maximum Gasteiger partial charge on any atom is 0.413 e. The molecule has 0 saturated carbocycles. The van der Waals surface area contributed by atoms with Crippen molar-refractivity contribution in [3.8, 4) is 0 Å². The van der Waals surface area contributed by atoms with E-state index in [1.165, 1.54) is 24.5 Å². The minimum Gasteiger partial charge on any atom is -0.453 e. The Morgan fingerprint density at radius 1 is 1.04 bits per heavy atom. The van der Waals surface area contributed by atoms with Crippen molar-refractivity contribution in [3.63, 3.8) is 0 Å². The average Bonchev–Trinajstić information content (AvgIpc) is 2.97. The molecule has 1 aromatic carbocycles. The molecule has 0 bridgehead atoms. The van der Waals surface area contributed by atoms with Crippen LogP contribution in [0.25, 0.3) is 0 Å². The summed E-state index contributed by atoms with van der Waals surface area (Å²) in [6.07, 6.45) is -0.854. The first kappa shape index (κ1) is 16.7. The van der Waals surface area contributed by atoms with Gasteiger partial charge in [-0.15, -0.1) is 11.3 Å². The maximum atomic E-state index is 12.3. The summed E-state index contributed by atoms with van der Waals surface area (Å²) in [5.41, 5.74) is 2.81. The van der Waals surface area contributed by atoms with Crippen LogP contribution in [0, 0.1) is 13.8 Å². The van der Waals surface area contributed by atoms with E-state index in [9.17, 15) is 14.4 Å². The molecule has 0 unspecified atom stereocenters. The number of imide groups is 1. The molecule has 0 radical (unpaired) electrons. The highest BCUT2D eigenvalue weighted by atomic mass is 32.1. The molecule has 0 aliphatic carbocycles. The minimum atomic E-state index is -0.854. The van der Waals surface area contributed by atoms with Crippen LogP contribution in [0.3, 0.4) is 0 Å². The van der Waals surface area contributed by atoms with E-state index in [1.54, 1.807) is 17.5 Å². The standard InChI is InChI=1S/C16H16N2O4S/c1-9-4-5-11(8-10(9)2)13(19)17-15-12(6-7-23-15)14(20)18-16(21)22-3/h4-8H,1-3H3,(H,17,19)(H,18,20,21). The molecule has 2 N–H and O–H groups in total. The van der Waals surface area contributed by atoms with Gasteiger partial charge in [0.05, 0.1) is 12.7 Å². The van der Waals surface area contributed by atoms with Gasteiger partial charge < -0.3 is 10.1 Å². The molecule has 2 rings (SSSR count). The molecular formula is C16H16N2O4S. The van der Waals surface area contributed by atoms with Crippen molar-refractivity contribution in [2.45, 2.75) is 13.8 Å². The Hall–Kier alpha value is -2.67. The normalized spacial score (nSPS) is 10.0. The molecular weight excluding hydrogens is 316 g/mol. The van der Waals surface area contributed by atoms with Crippen molar-refractivity contribution in [1.82, 2.24) is 5.32 Å². The number of thiophene rings is 1. The first-order valence-corrected chi connectivity index (χ1v) is 7.65. The van der Waals surface area contributed by atoms with Crippen molar-refractivity contribution in [1.29, 1.82) is 0 Å². The number of rotatable bonds is 3. The van der Waals surface area contributed by atoms with Gasteiger partial charge in [-0.3, -0.25) is 14.9 Å². The fraction of sp³-hybridized carbons (Fsp3) is 0.188. The predicted octanol–water partition coefficient (Wildman–Crippen LogP) is 3.11. The molecule has 0 aliphatic rings. The van der Waals surface area contributed by atoms with Gasteiger partial charge in [0.1, 0.15) is 5.00 Å². The summed E-state index contributed by atoms with van der Waals surface area (Å²) in [6, 6.07) is 6.90. The summed E-state index contributed by atoms with van der Waals surface area (Å²) in [6.45, 7) is 3.89. The molecule has 0 spiro atoms. The van der Waals surface area contributed by atoms with E-state index in [1.807, 2.05) is 19.9 Å². The fourth-order valence-corrected chi connectivity index (χ4v) is 2.63. The van der Waals surface area contributed by atoms with Gasteiger partial charge >= 0.3 is 6.09 Å². The Balaban J connectivity index is 2.16. The van der Waals surface area contributed by atoms with Crippen LogP contribution >= 0.6 is 11.3 Å². The lowest BCUT2D eigenvalue weighted by Crippen LogP contribution is -2.30. The van der Waals surface area contributed by atoms with E-state index >= 15 is 0 Å². The Morgan fingerprint density at radius 3 is 2.43 bits per heavy atom. The lowest BCUT2D eigenvalue weighted by Gasteiger charge is -2.08. The van der Waals surface area contributed by atoms with Gasteiger partial charge in [0, 0.05) is 5.56 Å². The van der Waals surface area contributed by atoms with Gasteiger partial charge in [-0.1, -0.05) is 6.07 Å². The summed E-state index contributed by atoms with van der Waals surface area (Å²) >= 11 is 1.20. The molecule has 0 saturated heterocycles. The zero-order chi connectivity index (χ0) is 17.0. The highest BCUT2D eigenvalue weighted by molar-refractivity contribution is 7.14. The van der Waals surface area contributed by atoms with E-state index in [0.29, 0.717) is 10.6 Å². The Labute approximate surface area is 137 Å². The quantitative estimate of drug-likeness (QED) is 0.904. The summed E-state index contributed by atoms with van der Waals surface area (Å²) in [4.78, 5) is 35.4. The summed E-state index contributed by atoms with van der Waals surface area (Å²) < 4.78 is 4.38. The van der Waals surface area contributed by atoms with Gasteiger partial charge in [0.25, 0.3) is 11.8 Å². The van der Waals surface area contributed by atoms with Crippen LogP contribution in [0.4, 0.5) is 9.80 Å². The molecule has 7 heteroatoms. The molecule has 0 fully saturated rings. The van der Waals surface area contributed by atoms with Crippen LogP contribution in [0.1, 0.15) is 31.8 Å². The topological polar surface area (TPSA) is 84.5 Å². The van der Waals surface area contributed by atoms with Gasteiger partial charge in [-0.25, -0.2) is 4.79 Å². The molecule has 6 nitrogen and oxygen atoms in total. The Bertz CT molecular complexity index is 767. The second-order valence-corrected chi connectivity index (χ2v) is 5.78. The summed E-state index contributed by atoms with van der Waals surface area (Å²) in [5, 5.41) is 6.77.